The van der Waals surface area contributed by atoms with E-state index in [0.717, 1.165) is 17.7 Å². The van der Waals surface area contributed by atoms with E-state index in [0.29, 0.717) is 11.4 Å². The molecule has 94 valence electrons. The molecule has 1 heterocycles. The van der Waals surface area contributed by atoms with Crippen molar-refractivity contribution in [1.82, 2.24) is 4.98 Å². The molecule has 1 rings (SSSR count). The number of hydrogen-bond acceptors (Lipinski definition) is 4. The fourth-order valence-corrected chi connectivity index (χ4v) is 1.52. The van der Waals surface area contributed by atoms with E-state index in [2.05, 4.69) is 10.1 Å². The zero-order valence-corrected chi connectivity index (χ0v) is 10.7. The van der Waals surface area contributed by atoms with Gasteiger partial charge in [-0.2, -0.15) is 0 Å². The number of aryl methyl sites for hydroxylation is 2. The van der Waals surface area contributed by atoms with Crippen LogP contribution in [0.1, 0.15) is 37.1 Å². The summed E-state index contributed by atoms with van der Waals surface area (Å²) in [6.45, 7) is 7.74. The number of amidine groups is 1. The fraction of sp³-hybridized carbons (Fsp3) is 0.500. The molecule has 0 radical (unpaired) electrons. The van der Waals surface area contributed by atoms with Gasteiger partial charge in [-0.05, 0) is 38.8 Å². The van der Waals surface area contributed by atoms with Gasteiger partial charge >= 0.3 is 0 Å². The molecule has 1 aromatic heterocycles. The van der Waals surface area contributed by atoms with Gasteiger partial charge in [0.25, 0.3) is 0 Å². The van der Waals surface area contributed by atoms with Crippen molar-refractivity contribution in [3.63, 3.8) is 0 Å². The average molecular weight is 237 g/mol. The molecule has 5 heteroatoms. The summed E-state index contributed by atoms with van der Waals surface area (Å²) in [5.41, 5.74) is 7.92. The first-order valence-corrected chi connectivity index (χ1v) is 5.62. The van der Waals surface area contributed by atoms with Crippen LogP contribution in [0.25, 0.3) is 0 Å². The predicted octanol–water partition coefficient (Wildman–Crippen LogP) is 1.97. The molecule has 17 heavy (non-hydrogen) atoms. The van der Waals surface area contributed by atoms with Gasteiger partial charge in [0, 0.05) is 5.69 Å². The summed E-state index contributed by atoms with van der Waals surface area (Å²) in [7, 11) is 0. The topological polar surface area (TPSA) is 80.7 Å². The first-order valence-electron chi connectivity index (χ1n) is 5.62. The minimum Gasteiger partial charge on any atom is -0.474 e. The minimum atomic E-state index is 0.0216. The van der Waals surface area contributed by atoms with Crippen molar-refractivity contribution in [3.05, 3.63) is 22.9 Å². The van der Waals surface area contributed by atoms with Crippen LogP contribution >= 0.6 is 0 Å². The van der Waals surface area contributed by atoms with Crippen LogP contribution in [0, 0.1) is 13.8 Å². The number of pyridine rings is 1. The van der Waals surface area contributed by atoms with Crippen LogP contribution < -0.4 is 10.5 Å². The third-order valence-corrected chi connectivity index (χ3v) is 2.56. The number of ether oxygens (including phenoxy) is 1. The summed E-state index contributed by atoms with van der Waals surface area (Å²) in [5.74, 6) is 0.445. The van der Waals surface area contributed by atoms with Crippen LogP contribution in [0.4, 0.5) is 0 Å². The van der Waals surface area contributed by atoms with Gasteiger partial charge in [0.15, 0.2) is 5.84 Å². The van der Waals surface area contributed by atoms with Crippen LogP contribution in [-0.2, 0) is 0 Å². The summed E-state index contributed by atoms with van der Waals surface area (Å²) in [5, 5.41) is 11.8. The molecule has 5 nitrogen and oxygen atoms in total. The molecule has 0 aliphatic carbocycles. The number of rotatable bonds is 4. The van der Waals surface area contributed by atoms with Gasteiger partial charge in [0.1, 0.15) is 0 Å². The molecule has 0 aliphatic rings. The van der Waals surface area contributed by atoms with Crippen molar-refractivity contribution in [2.45, 2.75) is 40.2 Å². The summed E-state index contributed by atoms with van der Waals surface area (Å²) in [4.78, 5) is 4.30. The normalized spacial score (nSPS) is 13.5. The molecule has 0 aromatic carbocycles. The maximum absolute atomic E-state index is 8.78. The number of hydrogen-bond donors (Lipinski definition) is 2. The summed E-state index contributed by atoms with van der Waals surface area (Å²) in [6, 6.07) is 1.87. The van der Waals surface area contributed by atoms with Crippen molar-refractivity contribution in [3.8, 4) is 5.88 Å². The summed E-state index contributed by atoms with van der Waals surface area (Å²) >= 11 is 0. The van der Waals surface area contributed by atoms with Gasteiger partial charge in [0.05, 0.1) is 11.7 Å². The molecule has 0 amide bonds. The largest absolute Gasteiger partial charge is 0.474 e. The smallest absolute Gasteiger partial charge is 0.225 e. The van der Waals surface area contributed by atoms with Crippen molar-refractivity contribution in [2.24, 2.45) is 10.9 Å². The molecule has 0 saturated carbocycles. The monoisotopic (exact) mass is 237 g/mol. The number of nitrogens with zero attached hydrogens (tertiary/aromatic N) is 2. The van der Waals surface area contributed by atoms with E-state index in [1.807, 2.05) is 33.8 Å². The Kier molecular flexibility index (Phi) is 4.31. The second-order valence-corrected chi connectivity index (χ2v) is 4.08. The van der Waals surface area contributed by atoms with E-state index in [9.17, 15) is 0 Å². The van der Waals surface area contributed by atoms with Gasteiger partial charge in [-0.1, -0.05) is 12.1 Å². The molecular formula is C12H19N3O2. The molecule has 0 saturated heterocycles. The maximum atomic E-state index is 8.78. The Hall–Kier alpha value is -1.78. The van der Waals surface area contributed by atoms with Crippen LogP contribution in [-0.4, -0.2) is 22.1 Å². The van der Waals surface area contributed by atoms with Gasteiger partial charge in [-0.3, -0.25) is 0 Å². The van der Waals surface area contributed by atoms with Gasteiger partial charge < -0.3 is 15.7 Å². The van der Waals surface area contributed by atoms with Crippen LogP contribution in [0.15, 0.2) is 11.2 Å². The van der Waals surface area contributed by atoms with E-state index in [1.165, 1.54) is 0 Å². The van der Waals surface area contributed by atoms with Gasteiger partial charge in [0.2, 0.25) is 5.88 Å². The molecule has 0 aliphatic heterocycles. The molecule has 1 unspecified atom stereocenters. The van der Waals surface area contributed by atoms with Gasteiger partial charge in [-0.15, -0.1) is 0 Å². The SMILES string of the molecule is CCC(C)Oc1nc(C)cc(C)c1C(N)=NO. The van der Waals surface area contributed by atoms with E-state index in [-0.39, 0.29) is 11.9 Å². The third-order valence-electron chi connectivity index (χ3n) is 2.56. The molecule has 1 aromatic rings. The molecule has 3 N–H and O–H groups in total. The molecule has 0 fully saturated rings. The molecule has 1 atom stereocenters. The second kappa shape index (κ2) is 5.52. The maximum Gasteiger partial charge on any atom is 0.225 e. The van der Waals surface area contributed by atoms with E-state index < -0.39 is 0 Å². The van der Waals surface area contributed by atoms with E-state index in [1.54, 1.807) is 0 Å². The minimum absolute atomic E-state index is 0.0216. The first kappa shape index (κ1) is 13.3. The second-order valence-electron chi connectivity index (χ2n) is 4.08. The summed E-state index contributed by atoms with van der Waals surface area (Å²) < 4.78 is 5.70. The molecule has 0 spiro atoms. The highest BCUT2D eigenvalue weighted by Crippen LogP contribution is 2.22. The highest BCUT2D eigenvalue weighted by Gasteiger charge is 2.16. The number of nitrogens with two attached hydrogens (primary N) is 1. The van der Waals surface area contributed by atoms with Crippen molar-refractivity contribution in [1.29, 1.82) is 0 Å². The zero-order chi connectivity index (χ0) is 13.0. The quantitative estimate of drug-likeness (QED) is 0.363. The number of aromatic nitrogens is 1. The van der Waals surface area contributed by atoms with E-state index >= 15 is 0 Å². The van der Waals surface area contributed by atoms with Crippen molar-refractivity contribution >= 4 is 5.84 Å². The Bertz CT molecular complexity index is 430. The first-order chi connectivity index (χ1) is 7.99. The highest BCUT2D eigenvalue weighted by molar-refractivity contribution is 6.00. The van der Waals surface area contributed by atoms with Crippen LogP contribution in [0.5, 0.6) is 5.88 Å². The third kappa shape index (κ3) is 3.09. The Balaban J connectivity index is 3.25. The lowest BCUT2D eigenvalue weighted by Crippen LogP contribution is -2.20. The van der Waals surface area contributed by atoms with Crippen molar-refractivity contribution in [2.75, 3.05) is 0 Å². The lowest BCUT2D eigenvalue weighted by Gasteiger charge is -2.16. The number of oxime groups is 1. The molecule has 0 bridgehead atoms. The predicted molar refractivity (Wildman–Crippen MR) is 66.6 cm³/mol. The molecular weight excluding hydrogens is 218 g/mol. The Morgan fingerprint density at radius 1 is 1.59 bits per heavy atom. The lowest BCUT2D eigenvalue weighted by atomic mass is 10.1. The lowest BCUT2D eigenvalue weighted by molar-refractivity contribution is 0.207. The Morgan fingerprint density at radius 2 is 2.24 bits per heavy atom. The Labute approximate surface area is 101 Å². The van der Waals surface area contributed by atoms with Crippen LogP contribution in [0.2, 0.25) is 0 Å². The zero-order valence-electron chi connectivity index (χ0n) is 10.7. The van der Waals surface area contributed by atoms with Gasteiger partial charge in [-0.25, -0.2) is 4.98 Å². The van der Waals surface area contributed by atoms with E-state index in [4.69, 9.17) is 15.7 Å². The standard InChI is InChI=1S/C12H19N3O2/c1-5-9(4)17-12-10(11(13)15-16)7(2)6-8(3)14-12/h6,9,16H,5H2,1-4H3,(H2,13,15). The van der Waals surface area contributed by atoms with Crippen LogP contribution in [0.3, 0.4) is 0 Å². The summed E-state index contributed by atoms with van der Waals surface area (Å²) in [6.07, 6.45) is 0.901. The Morgan fingerprint density at radius 3 is 2.76 bits per heavy atom. The van der Waals surface area contributed by atoms with Crippen molar-refractivity contribution < 1.29 is 9.94 Å². The fourth-order valence-electron chi connectivity index (χ4n) is 1.52. The highest BCUT2D eigenvalue weighted by atomic mass is 16.5. The average Bonchev–Trinajstić information content (AvgIpc) is 2.27.